The molecule has 0 atom stereocenters. The van der Waals surface area contributed by atoms with E-state index in [1.807, 2.05) is 0 Å². The number of fused-ring (bicyclic) bond motifs is 2. The quantitative estimate of drug-likeness (QED) is 0.411. The van der Waals surface area contributed by atoms with Gasteiger partial charge in [-0.3, -0.25) is 9.59 Å². The summed E-state index contributed by atoms with van der Waals surface area (Å²) in [5.74, 6) is -1.50. The lowest BCUT2D eigenvalue weighted by atomic mass is 9.93. The molecule has 0 saturated heterocycles. The molecule has 1 heterocycles. The van der Waals surface area contributed by atoms with Crippen molar-refractivity contribution in [2.24, 2.45) is 5.14 Å². The van der Waals surface area contributed by atoms with Crippen LogP contribution in [0.4, 0.5) is 4.39 Å². The lowest BCUT2D eigenvalue weighted by Gasteiger charge is -2.27. The predicted molar refractivity (Wildman–Crippen MR) is 120 cm³/mol. The Hall–Kier alpha value is -3.56. The Morgan fingerprint density at radius 1 is 1.00 bits per heavy atom. The molecule has 0 aliphatic heterocycles. The van der Waals surface area contributed by atoms with Crippen LogP contribution in [0.1, 0.15) is 29.8 Å². The highest BCUT2D eigenvalue weighted by molar-refractivity contribution is 7.89. The molecule has 4 N–H and O–H groups in total. The number of nitrogens with one attached hydrogen (secondary N) is 2. The Morgan fingerprint density at radius 2 is 1.66 bits per heavy atom. The molecule has 0 spiro atoms. The minimum absolute atomic E-state index is 0.0554. The molecule has 4 rings (SSSR count). The molecule has 0 aliphatic carbocycles. The lowest BCUT2D eigenvalue weighted by molar-refractivity contribution is 0.0908. The number of aromatic amines is 1. The molecule has 32 heavy (non-hydrogen) atoms. The van der Waals surface area contributed by atoms with E-state index < -0.39 is 27.3 Å². The van der Waals surface area contributed by atoms with Gasteiger partial charge < -0.3 is 10.3 Å². The maximum absolute atomic E-state index is 14.8. The highest BCUT2D eigenvalue weighted by atomic mass is 32.2. The first kappa shape index (κ1) is 21.7. The number of pyridine rings is 1. The van der Waals surface area contributed by atoms with Crippen LogP contribution in [-0.4, -0.2) is 19.3 Å². The summed E-state index contributed by atoms with van der Waals surface area (Å²) in [6.45, 7) is 3.40. The van der Waals surface area contributed by atoms with Crippen LogP contribution >= 0.6 is 0 Å². The van der Waals surface area contributed by atoms with Crippen LogP contribution in [0.2, 0.25) is 0 Å². The first-order chi connectivity index (χ1) is 15.0. The standard InChI is InChI=1S/C23H20FN3O4S/c1-23(2,13-7-9-14(10-8-13)32(25,30)31)27-22(29)16-12-20-17(11-18(16)24)21(28)15-5-3-4-6-19(15)26-20/h3-12H,1-2H3,(H,26,28)(H,27,29)(H2,25,30,31). The number of nitrogens with two attached hydrogens (primary N) is 1. The topological polar surface area (TPSA) is 122 Å². The van der Waals surface area contributed by atoms with E-state index in [2.05, 4.69) is 10.3 Å². The van der Waals surface area contributed by atoms with Crippen molar-refractivity contribution in [3.8, 4) is 0 Å². The highest BCUT2D eigenvalue weighted by Crippen LogP contribution is 2.24. The van der Waals surface area contributed by atoms with Gasteiger partial charge in [0, 0.05) is 16.3 Å². The summed E-state index contributed by atoms with van der Waals surface area (Å²) in [6.07, 6.45) is 0. The number of halogens is 1. The molecule has 7 nitrogen and oxygen atoms in total. The van der Waals surface area contributed by atoms with Crippen molar-refractivity contribution in [2.75, 3.05) is 0 Å². The van der Waals surface area contributed by atoms with Gasteiger partial charge in [0.25, 0.3) is 5.91 Å². The molecule has 1 aromatic heterocycles. The molecule has 0 radical (unpaired) electrons. The van der Waals surface area contributed by atoms with E-state index in [-0.39, 0.29) is 21.3 Å². The highest BCUT2D eigenvalue weighted by Gasteiger charge is 2.26. The summed E-state index contributed by atoms with van der Waals surface area (Å²) in [5.41, 5.74) is 0.0207. The number of carbonyl (C=O) groups is 1. The maximum Gasteiger partial charge on any atom is 0.255 e. The van der Waals surface area contributed by atoms with E-state index in [0.29, 0.717) is 22.0 Å². The zero-order valence-corrected chi connectivity index (χ0v) is 18.1. The van der Waals surface area contributed by atoms with E-state index in [9.17, 15) is 22.4 Å². The Kier molecular flexibility index (Phi) is 5.10. The number of primary sulfonamides is 1. The van der Waals surface area contributed by atoms with E-state index in [4.69, 9.17) is 5.14 Å². The first-order valence-corrected chi connectivity index (χ1v) is 11.2. The summed E-state index contributed by atoms with van der Waals surface area (Å²) in [6, 6.07) is 15.0. The minimum atomic E-state index is -3.84. The fourth-order valence-corrected chi connectivity index (χ4v) is 4.12. The van der Waals surface area contributed by atoms with Crippen LogP contribution in [0.25, 0.3) is 21.8 Å². The third-order valence-electron chi connectivity index (χ3n) is 5.37. The van der Waals surface area contributed by atoms with E-state index in [1.54, 1.807) is 38.1 Å². The van der Waals surface area contributed by atoms with Gasteiger partial charge in [-0.2, -0.15) is 0 Å². The molecule has 0 fully saturated rings. The largest absolute Gasteiger partial charge is 0.354 e. The fourth-order valence-electron chi connectivity index (χ4n) is 3.60. The van der Waals surface area contributed by atoms with Gasteiger partial charge in [0.05, 0.1) is 21.5 Å². The third-order valence-corrected chi connectivity index (χ3v) is 6.30. The third kappa shape index (κ3) is 3.88. The van der Waals surface area contributed by atoms with Gasteiger partial charge in [-0.05, 0) is 55.8 Å². The predicted octanol–water partition coefficient (Wildman–Crippen LogP) is 3.13. The van der Waals surface area contributed by atoms with Gasteiger partial charge in [0.2, 0.25) is 10.0 Å². The number of hydrogen-bond donors (Lipinski definition) is 3. The second-order valence-corrected chi connectivity index (χ2v) is 9.59. The number of para-hydroxylation sites is 1. The summed E-state index contributed by atoms with van der Waals surface area (Å²) >= 11 is 0. The van der Waals surface area contributed by atoms with Crippen molar-refractivity contribution in [1.29, 1.82) is 0 Å². The van der Waals surface area contributed by atoms with E-state index in [0.717, 1.165) is 6.07 Å². The Morgan fingerprint density at radius 3 is 2.31 bits per heavy atom. The smallest absolute Gasteiger partial charge is 0.255 e. The SMILES string of the molecule is CC(C)(NC(=O)c1cc2[nH]c3ccccc3c(=O)c2cc1F)c1ccc(S(N)(=O)=O)cc1. The number of amides is 1. The van der Waals surface area contributed by atoms with Crippen LogP contribution in [0.3, 0.4) is 0 Å². The van der Waals surface area contributed by atoms with Gasteiger partial charge in [0.1, 0.15) is 5.82 Å². The summed E-state index contributed by atoms with van der Waals surface area (Å²) < 4.78 is 37.7. The van der Waals surface area contributed by atoms with Gasteiger partial charge in [0.15, 0.2) is 5.43 Å². The molecule has 0 saturated carbocycles. The molecule has 0 bridgehead atoms. The second kappa shape index (κ2) is 7.54. The number of rotatable bonds is 4. The number of aromatic nitrogens is 1. The lowest BCUT2D eigenvalue weighted by Crippen LogP contribution is -2.41. The molecule has 164 valence electrons. The summed E-state index contributed by atoms with van der Waals surface area (Å²) in [5, 5.41) is 8.45. The maximum atomic E-state index is 14.8. The van der Waals surface area contributed by atoms with Crippen molar-refractivity contribution < 1.29 is 17.6 Å². The zero-order chi connectivity index (χ0) is 23.3. The fraction of sp³-hybridized carbons (Fsp3) is 0.130. The van der Waals surface area contributed by atoms with Crippen LogP contribution in [0.15, 0.2) is 70.4 Å². The Balaban J connectivity index is 1.70. The summed E-state index contributed by atoms with van der Waals surface area (Å²) in [7, 11) is -3.84. The molecule has 0 unspecified atom stereocenters. The average Bonchev–Trinajstić information content (AvgIpc) is 2.73. The molecule has 4 aromatic rings. The number of carbonyl (C=O) groups excluding carboxylic acids is 1. The number of hydrogen-bond acceptors (Lipinski definition) is 4. The molecule has 9 heteroatoms. The number of benzene rings is 3. The van der Waals surface area contributed by atoms with Crippen LogP contribution < -0.4 is 15.9 Å². The Bertz CT molecular complexity index is 1540. The first-order valence-electron chi connectivity index (χ1n) is 9.67. The van der Waals surface area contributed by atoms with Crippen LogP contribution in [0.5, 0.6) is 0 Å². The van der Waals surface area contributed by atoms with Gasteiger partial charge in [-0.1, -0.05) is 24.3 Å². The van der Waals surface area contributed by atoms with Gasteiger partial charge in [-0.15, -0.1) is 0 Å². The zero-order valence-electron chi connectivity index (χ0n) is 17.3. The van der Waals surface area contributed by atoms with Gasteiger partial charge in [-0.25, -0.2) is 17.9 Å². The molecule has 1 amide bonds. The summed E-state index contributed by atoms with van der Waals surface area (Å²) in [4.78, 5) is 28.6. The molecule has 3 aromatic carbocycles. The van der Waals surface area contributed by atoms with Crippen LogP contribution in [0, 0.1) is 5.82 Å². The Labute approximate surface area is 183 Å². The van der Waals surface area contributed by atoms with Crippen LogP contribution in [-0.2, 0) is 15.6 Å². The van der Waals surface area contributed by atoms with Crippen molar-refractivity contribution in [3.05, 3.63) is 87.8 Å². The van der Waals surface area contributed by atoms with Crippen molar-refractivity contribution in [3.63, 3.8) is 0 Å². The van der Waals surface area contributed by atoms with Crippen molar-refractivity contribution in [2.45, 2.75) is 24.3 Å². The average molecular weight is 453 g/mol. The van der Waals surface area contributed by atoms with E-state index >= 15 is 0 Å². The van der Waals surface area contributed by atoms with Crippen molar-refractivity contribution in [1.82, 2.24) is 10.3 Å². The van der Waals surface area contributed by atoms with E-state index in [1.165, 1.54) is 30.3 Å². The van der Waals surface area contributed by atoms with Gasteiger partial charge >= 0.3 is 0 Å². The number of H-pyrrole nitrogens is 1. The number of sulfonamides is 1. The molecule has 0 aliphatic rings. The second-order valence-electron chi connectivity index (χ2n) is 8.03. The molecular weight excluding hydrogens is 433 g/mol. The molecular formula is C23H20FN3O4S. The normalized spacial score (nSPS) is 12.2. The monoisotopic (exact) mass is 453 g/mol. The van der Waals surface area contributed by atoms with Crippen molar-refractivity contribution >= 4 is 37.7 Å². The minimum Gasteiger partial charge on any atom is -0.354 e.